The van der Waals surface area contributed by atoms with E-state index < -0.39 is 0 Å². The Morgan fingerprint density at radius 3 is 1.82 bits per heavy atom. The summed E-state index contributed by atoms with van der Waals surface area (Å²) in [6.45, 7) is 4.29. The Morgan fingerprint density at radius 2 is 1.09 bits per heavy atom. The summed E-state index contributed by atoms with van der Waals surface area (Å²) in [7, 11) is 0. The predicted molar refractivity (Wildman–Crippen MR) is 143 cm³/mol. The van der Waals surface area contributed by atoms with E-state index >= 15 is 0 Å². The Labute approximate surface area is 200 Å². The third-order valence-electron chi connectivity index (χ3n) is 7.33. The lowest BCUT2D eigenvalue weighted by molar-refractivity contribution is 1.44. The summed E-state index contributed by atoms with van der Waals surface area (Å²) in [5, 5.41) is 2.65. The molecule has 0 heterocycles. The van der Waals surface area contributed by atoms with Crippen molar-refractivity contribution >= 4 is 11.6 Å². The minimum absolute atomic E-state index is 1.27. The molecular weight excluding hydrogens is 408 g/mol. The highest BCUT2D eigenvalue weighted by Gasteiger charge is 2.23. The van der Waals surface area contributed by atoms with Crippen molar-refractivity contribution in [3.63, 3.8) is 0 Å². The molecule has 0 fully saturated rings. The van der Waals surface area contributed by atoms with Gasteiger partial charge in [-0.25, -0.2) is 0 Å². The van der Waals surface area contributed by atoms with Crippen molar-refractivity contribution in [1.29, 1.82) is 0 Å². The quantitative estimate of drug-likeness (QED) is 0.276. The molecule has 7 rings (SSSR count). The number of fused-ring (bicyclic) bond motifs is 6. The number of aryl methyl sites for hydroxylation is 2. The molecule has 0 radical (unpaired) electrons. The van der Waals surface area contributed by atoms with Gasteiger partial charge in [-0.05, 0) is 104 Å². The lowest BCUT2D eigenvalue weighted by Gasteiger charge is -2.08. The van der Waals surface area contributed by atoms with Gasteiger partial charge in [-0.2, -0.15) is 0 Å². The van der Waals surface area contributed by atoms with Gasteiger partial charge in [-0.1, -0.05) is 96.1 Å². The van der Waals surface area contributed by atoms with Crippen LogP contribution in [-0.2, 0) is 0 Å². The summed E-state index contributed by atoms with van der Waals surface area (Å²) in [5.74, 6) is 0. The van der Waals surface area contributed by atoms with Gasteiger partial charge in [-0.15, -0.1) is 0 Å². The molecule has 5 aromatic carbocycles. The van der Waals surface area contributed by atoms with Gasteiger partial charge in [0.2, 0.25) is 0 Å². The maximum atomic E-state index is 2.43. The largest absolute Gasteiger partial charge is 0.0616 e. The molecule has 0 N–H and O–H groups in total. The van der Waals surface area contributed by atoms with Crippen molar-refractivity contribution in [1.82, 2.24) is 0 Å². The fraction of sp³-hybridized carbons (Fsp3) is 0.0588. The molecule has 0 amide bonds. The van der Waals surface area contributed by atoms with E-state index in [-0.39, 0.29) is 0 Å². The lowest BCUT2D eigenvalue weighted by Crippen LogP contribution is -2.13. The third kappa shape index (κ3) is 2.85. The minimum atomic E-state index is 1.27. The van der Waals surface area contributed by atoms with E-state index in [2.05, 4.69) is 123 Å². The van der Waals surface area contributed by atoms with Crippen LogP contribution in [0.5, 0.6) is 0 Å². The summed E-state index contributed by atoms with van der Waals surface area (Å²) < 4.78 is 0. The van der Waals surface area contributed by atoms with Gasteiger partial charge in [0.15, 0.2) is 0 Å². The standard InChI is InChI=1S/C34H24/c1-21-7-11-23(12-8-21)25-15-16-26-17-27-19-32-28-5-3-4-6-29(28)34(24-13-9-22(2)10-14-24)33(32)20-31(27)30(26)18-25/h3-20H,1-2H3. The van der Waals surface area contributed by atoms with Crippen molar-refractivity contribution in [2.24, 2.45) is 0 Å². The van der Waals surface area contributed by atoms with Crippen molar-refractivity contribution < 1.29 is 0 Å². The molecule has 2 aliphatic carbocycles. The monoisotopic (exact) mass is 432 g/mol. The number of hydrogen-bond donors (Lipinski definition) is 0. The fourth-order valence-corrected chi connectivity index (χ4v) is 5.52. The average molecular weight is 433 g/mol. The molecule has 0 unspecified atom stereocenters. The van der Waals surface area contributed by atoms with Crippen LogP contribution < -0.4 is 10.4 Å². The van der Waals surface area contributed by atoms with Crippen LogP contribution in [0.2, 0.25) is 0 Å². The molecule has 0 aromatic heterocycles. The van der Waals surface area contributed by atoms with Gasteiger partial charge in [-0.3, -0.25) is 0 Å². The van der Waals surface area contributed by atoms with E-state index in [4.69, 9.17) is 0 Å². The first-order chi connectivity index (χ1) is 16.7. The Balaban J connectivity index is 1.48. The Bertz CT molecular complexity index is 1730. The van der Waals surface area contributed by atoms with Crippen LogP contribution in [0.15, 0.2) is 103 Å². The molecule has 2 aliphatic rings. The zero-order chi connectivity index (χ0) is 22.8. The smallest absolute Gasteiger partial charge is 0.00262 e. The summed E-state index contributed by atoms with van der Waals surface area (Å²) in [6.07, 6.45) is 2.34. The van der Waals surface area contributed by atoms with Crippen molar-refractivity contribution in [3.05, 3.63) is 141 Å². The molecule has 0 atom stereocenters. The third-order valence-corrected chi connectivity index (χ3v) is 7.33. The van der Waals surface area contributed by atoms with E-state index in [0.717, 1.165) is 0 Å². The van der Waals surface area contributed by atoms with Gasteiger partial charge in [0, 0.05) is 0 Å². The summed E-state index contributed by atoms with van der Waals surface area (Å²) in [6, 6.07) is 38.3. The molecule has 0 spiro atoms. The van der Waals surface area contributed by atoms with E-state index in [1.54, 1.807) is 0 Å². The highest BCUT2D eigenvalue weighted by atomic mass is 14.3. The molecular formula is C34H24. The SMILES string of the molecule is Cc1ccc(C2=c3cc4c(cc3-c3ccccc32)=Cc2ccc(-c3ccc(C)cc3)cc2-4)cc1. The zero-order valence-corrected chi connectivity index (χ0v) is 19.4. The van der Waals surface area contributed by atoms with Crippen molar-refractivity contribution in [2.45, 2.75) is 13.8 Å². The Morgan fingerprint density at radius 1 is 0.441 bits per heavy atom. The van der Waals surface area contributed by atoms with E-state index in [0.29, 0.717) is 0 Å². The van der Waals surface area contributed by atoms with Gasteiger partial charge in [0.1, 0.15) is 0 Å². The van der Waals surface area contributed by atoms with Crippen molar-refractivity contribution in [2.75, 3.05) is 0 Å². The van der Waals surface area contributed by atoms with Crippen LogP contribution in [0.3, 0.4) is 0 Å². The second kappa shape index (κ2) is 7.17. The van der Waals surface area contributed by atoms with Crippen LogP contribution in [-0.4, -0.2) is 0 Å². The van der Waals surface area contributed by atoms with Crippen LogP contribution >= 0.6 is 0 Å². The molecule has 0 saturated heterocycles. The van der Waals surface area contributed by atoms with Crippen LogP contribution in [0.1, 0.15) is 27.8 Å². The highest BCUT2D eigenvalue weighted by molar-refractivity contribution is 5.98. The lowest BCUT2D eigenvalue weighted by atomic mass is 9.95. The van der Waals surface area contributed by atoms with Gasteiger partial charge < -0.3 is 0 Å². The summed E-state index contributed by atoms with van der Waals surface area (Å²) in [4.78, 5) is 0. The maximum Gasteiger partial charge on any atom is -0.00262 e. The molecule has 0 heteroatoms. The molecule has 0 nitrogen and oxygen atoms in total. The second-order valence-corrected chi connectivity index (χ2v) is 9.58. The first-order valence-corrected chi connectivity index (χ1v) is 11.9. The van der Waals surface area contributed by atoms with E-state index in [1.165, 1.54) is 77.2 Å². The maximum absolute atomic E-state index is 2.43. The van der Waals surface area contributed by atoms with Crippen molar-refractivity contribution in [3.8, 4) is 33.4 Å². The van der Waals surface area contributed by atoms with Gasteiger partial charge >= 0.3 is 0 Å². The first-order valence-electron chi connectivity index (χ1n) is 11.9. The topological polar surface area (TPSA) is 0 Å². The fourth-order valence-electron chi connectivity index (χ4n) is 5.52. The second-order valence-electron chi connectivity index (χ2n) is 9.58. The zero-order valence-electron chi connectivity index (χ0n) is 19.4. The molecule has 34 heavy (non-hydrogen) atoms. The Kier molecular flexibility index (Phi) is 4.07. The molecule has 0 aliphatic heterocycles. The average Bonchev–Trinajstić information content (AvgIpc) is 3.38. The first kappa shape index (κ1) is 19.3. The van der Waals surface area contributed by atoms with Gasteiger partial charge in [0.05, 0.1) is 0 Å². The minimum Gasteiger partial charge on any atom is -0.0616 e. The number of benzene rings is 5. The van der Waals surface area contributed by atoms with Crippen LogP contribution in [0, 0.1) is 13.8 Å². The summed E-state index contributed by atoms with van der Waals surface area (Å²) in [5.41, 5.74) is 15.7. The number of hydrogen-bond acceptors (Lipinski definition) is 0. The number of rotatable bonds is 2. The Hall–Kier alpha value is -4.16. The molecule has 0 saturated carbocycles. The normalized spacial score (nSPS) is 12.6. The molecule has 0 bridgehead atoms. The highest BCUT2D eigenvalue weighted by Crippen LogP contribution is 2.37. The predicted octanol–water partition coefficient (Wildman–Crippen LogP) is 7.01. The van der Waals surface area contributed by atoms with Crippen LogP contribution in [0.4, 0.5) is 0 Å². The van der Waals surface area contributed by atoms with E-state index in [9.17, 15) is 0 Å². The molecule has 5 aromatic rings. The van der Waals surface area contributed by atoms with Gasteiger partial charge in [0.25, 0.3) is 0 Å². The molecule has 160 valence electrons. The summed E-state index contributed by atoms with van der Waals surface area (Å²) >= 11 is 0. The van der Waals surface area contributed by atoms with E-state index in [1.807, 2.05) is 0 Å². The van der Waals surface area contributed by atoms with Crippen LogP contribution in [0.25, 0.3) is 45.0 Å².